The predicted octanol–water partition coefficient (Wildman–Crippen LogP) is 2.71. The van der Waals surface area contributed by atoms with Crippen molar-refractivity contribution in [1.82, 2.24) is 9.97 Å². The minimum atomic E-state index is 0.514. The summed E-state index contributed by atoms with van der Waals surface area (Å²) in [5, 5.41) is 0. The van der Waals surface area contributed by atoms with Crippen LogP contribution in [0.5, 0.6) is 0 Å². The van der Waals surface area contributed by atoms with Gasteiger partial charge in [0, 0.05) is 4.88 Å². The molecule has 3 nitrogen and oxygen atoms in total. The van der Waals surface area contributed by atoms with E-state index >= 15 is 0 Å². The zero-order valence-corrected chi connectivity index (χ0v) is 9.85. The molecule has 15 heavy (non-hydrogen) atoms. The molecule has 2 rings (SSSR count). The third-order valence-corrected chi connectivity index (χ3v) is 3.32. The van der Waals surface area contributed by atoms with Crippen LogP contribution in [0.25, 0.3) is 10.6 Å². The van der Waals surface area contributed by atoms with Crippen LogP contribution < -0.4 is 5.73 Å². The molecule has 2 aromatic rings. The summed E-state index contributed by atoms with van der Waals surface area (Å²) >= 11 is 1.69. The van der Waals surface area contributed by atoms with E-state index in [0.717, 1.165) is 22.0 Å². The van der Waals surface area contributed by atoms with Crippen molar-refractivity contribution in [2.24, 2.45) is 0 Å². The number of aryl methyl sites for hydroxylation is 3. The maximum Gasteiger partial charge on any atom is 0.151 e. The highest BCUT2D eigenvalue weighted by molar-refractivity contribution is 7.15. The van der Waals surface area contributed by atoms with Gasteiger partial charge in [-0.15, -0.1) is 11.3 Å². The third-order valence-electron chi connectivity index (χ3n) is 2.31. The number of nitrogens with zero attached hydrogens (tertiary/aromatic N) is 2. The maximum atomic E-state index is 5.86. The zero-order chi connectivity index (χ0) is 11.0. The topological polar surface area (TPSA) is 51.8 Å². The number of aromatic nitrogens is 2. The molecule has 0 unspecified atom stereocenters. The van der Waals surface area contributed by atoms with Crippen LogP contribution in [0, 0.1) is 20.8 Å². The predicted molar refractivity (Wildman–Crippen MR) is 64.0 cm³/mol. The van der Waals surface area contributed by atoms with Crippen LogP contribution in [0.1, 0.15) is 16.3 Å². The van der Waals surface area contributed by atoms with Gasteiger partial charge in [0.15, 0.2) is 5.82 Å². The Morgan fingerprint density at radius 3 is 2.33 bits per heavy atom. The Morgan fingerprint density at radius 2 is 1.73 bits per heavy atom. The summed E-state index contributed by atoms with van der Waals surface area (Å²) in [5.74, 6) is 0.514. The van der Waals surface area contributed by atoms with E-state index in [9.17, 15) is 0 Å². The van der Waals surface area contributed by atoms with Gasteiger partial charge in [0.25, 0.3) is 0 Å². The van der Waals surface area contributed by atoms with Crippen molar-refractivity contribution in [2.45, 2.75) is 20.8 Å². The molecule has 0 radical (unpaired) electrons. The average Bonchev–Trinajstić information content (AvgIpc) is 2.58. The molecule has 0 aliphatic rings. The lowest BCUT2D eigenvalue weighted by Gasteiger charge is -2.05. The highest BCUT2D eigenvalue weighted by Gasteiger charge is 2.09. The van der Waals surface area contributed by atoms with Crippen molar-refractivity contribution in [1.29, 1.82) is 0 Å². The summed E-state index contributed by atoms with van der Waals surface area (Å²) in [6, 6.07) is 4.10. The molecular weight excluding hydrogens is 206 g/mol. The maximum absolute atomic E-state index is 5.86. The SMILES string of the molecule is Cc1ccc(-c2nc(C)c(C)nc2N)s1. The van der Waals surface area contributed by atoms with Gasteiger partial charge in [0.05, 0.1) is 16.3 Å². The molecule has 2 heterocycles. The number of rotatable bonds is 1. The first-order valence-electron chi connectivity index (χ1n) is 4.75. The lowest BCUT2D eigenvalue weighted by Crippen LogP contribution is -2.01. The molecule has 0 amide bonds. The number of anilines is 1. The molecule has 0 saturated carbocycles. The summed E-state index contributed by atoms with van der Waals surface area (Å²) in [6.07, 6.45) is 0. The van der Waals surface area contributed by atoms with E-state index in [1.54, 1.807) is 11.3 Å². The first kappa shape index (κ1) is 10.1. The number of thiophene rings is 1. The van der Waals surface area contributed by atoms with Gasteiger partial charge in [0.1, 0.15) is 5.69 Å². The van der Waals surface area contributed by atoms with E-state index in [1.807, 2.05) is 19.9 Å². The van der Waals surface area contributed by atoms with E-state index in [0.29, 0.717) is 5.82 Å². The van der Waals surface area contributed by atoms with Gasteiger partial charge in [-0.05, 0) is 32.9 Å². The first-order chi connectivity index (χ1) is 7.08. The summed E-state index contributed by atoms with van der Waals surface area (Å²) in [6.45, 7) is 5.94. The van der Waals surface area contributed by atoms with E-state index in [-0.39, 0.29) is 0 Å². The summed E-state index contributed by atoms with van der Waals surface area (Å²) < 4.78 is 0. The monoisotopic (exact) mass is 219 g/mol. The van der Waals surface area contributed by atoms with Crippen molar-refractivity contribution in [3.8, 4) is 10.6 Å². The Bertz CT molecular complexity index is 503. The molecule has 2 N–H and O–H groups in total. The Kier molecular flexibility index (Phi) is 2.44. The number of nitrogens with two attached hydrogens (primary N) is 1. The normalized spacial score (nSPS) is 10.6. The van der Waals surface area contributed by atoms with Crippen LogP contribution in [0.4, 0.5) is 5.82 Å². The summed E-state index contributed by atoms with van der Waals surface area (Å²) in [5.41, 5.74) is 8.50. The van der Waals surface area contributed by atoms with E-state index in [1.165, 1.54) is 4.88 Å². The Labute approximate surface area is 93.0 Å². The zero-order valence-electron chi connectivity index (χ0n) is 9.03. The van der Waals surface area contributed by atoms with Crippen molar-refractivity contribution in [3.63, 3.8) is 0 Å². The molecule has 2 aromatic heterocycles. The van der Waals surface area contributed by atoms with Gasteiger partial charge in [-0.25, -0.2) is 9.97 Å². The second-order valence-corrected chi connectivity index (χ2v) is 4.83. The number of hydrogen-bond acceptors (Lipinski definition) is 4. The Balaban J connectivity index is 2.58. The lowest BCUT2D eigenvalue weighted by atomic mass is 10.3. The Hall–Kier alpha value is -1.42. The third kappa shape index (κ3) is 1.85. The van der Waals surface area contributed by atoms with Gasteiger partial charge in [-0.3, -0.25) is 0 Å². The van der Waals surface area contributed by atoms with Crippen LogP contribution >= 0.6 is 11.3 Å². The molecular formula is C11H13N3S. The second-order valence-electron chi connectivity index (χ2n) is 3.54. The van der Waals surface area contributed by atoms with Crippen molar-refractivity contribution < 1.29 is 0 Å². The molecule has 0 aliphatic carbocycles. The molecule has 0 fully saturated rings. The lowest BCUT2D eigenvalue weighted by molar-refractivity contribution is 1.06. The number of nitrogen functional groups attached to an aromatic ring is 1. The molecule has 0 bridgehead atoms. The van der Waals surface area contributed by atoms with Crippen LogP contribution in [0.15, 0.2) is 12.1 Å². The fraction of sp³-hybridized carbons (Fsp3) is 0.273. The molecule has 0 saturated heterocycles. The van der Waals surface area contributed by atoms with Gasteiger partial charge in [-0.1, -0.05) is 0 Å². The van der Waals surface area contributed by atoms with Gasteiger partial charge >= 0.3 is 0 Å². The smallest absolute Gasteiger partial charge is 0.151 e. The summed E-state index contributed by atoms with van der Waals surface area (Å²) in [7, 11) is 0. The second kappa shape index (κ2) is 3.62. The molecule has 0 spiro atoms. The first-order valence-corrected chi connectivity index (χ1v) is 5.57. The Morgan fingerprint density at radius 1 is 1.07 bits per heavy atom. The van der Waals surface area contributed by atoms with Crippen LogP contribution in [-0.4, -0.2) is 9.97 Å². The molecule has 0 aliphatic heterocycles. The minimum absolute atomic E-state index is 0.514. The largest absolute Gasteiger partial charge is 0.382 e. The van der Waals surface area contributed by atoms with Gasteiger partial charge in [-0.2, -0.15) is 0 Å². The molecule has 78 valence electrons. The van der Waals surface area contributed by atoms with Crippen molar-refractivity contribution >= 4 is 17.2 Å². The summed E-state index contributed by atoms with van der Waals surface area (Å²) in [4.78, 5) is 11.1. The standard InChI is InChI=1S/C11H13N3S/c1-6-4-5-9(15-6)10-11(12)14-8(3)7(2)13-10/h4-5H,1-3H3,(H2,12,14). The highest BCUT2D eigenvalue weighted by Crippen LogP contribution is 2.29. The van der Waals surface area contributed by atoms with E-state index in [4.69, 9.17) is 5.73 Å². The van der Waals surface area contributed by atoms with Gasteiger partial charge in [0.2, 0.25) is 0 Å². The van der Waals surface area contributed by atoms with Crippen LogP contribution in [-0.2, 0) is 0 Å². The average molecular weight is 219 g/mol. The fourth-order valence-corrected chi connectivity index (χ4v) is 2.23. The number of hydrogen-bond donors (Lipinski definition) is 1. The van der Waals surface area contributed by atoms with E-state index < -0.39 is 0 Å². The van der Waals surface area contributed by atoms with Crippen molar-refractivity contribution in [3.05, 3.63) is 28.4 Å². The fourth-order valence-electron chi connectivity index (χ4n) is 1.36. The molecule has 4 heteroatoms. The van der Waals surface area contributed by atoms with Gasteiger partial charge < -0.3 is 5.73 Å². The van der Waals surface area contributed by atoms with Crippen LogP contribution in [0.3, 0.4) is 0 Å². The van der Waals surface area contributed by atoms with E-state index in [2.05, 4.69) is 23.0 Å². The quantitative estimate of drug-likeness (QED) is 0.802. The van der Waals surface area contributed by atoms with Crippen LogP contribution in [0.2, 0.25) is 0 Å². The van der Waals surface area contributed by atoms with Crippen molar-refractivity contribution in [2.75, 3.05) is 5.73 Å². The molecule has 0 atom stereocenters. The minimum Gasteiger partial charge on any atom is -0.382 e. The highest BCUT2D eigenvalue weighted by atomic mass is 32.1. The molecule has 0 aromatic carbocycles.